The molecule has 0 unspecified atom stereocenters. The normalized spacial score (nSPS) is 11.0. The molecule has 4 aromatic rings. The average molecular weight is 547 g/mol. The minimum Gasteiger partial charge on any atom is -0.493 e. The minimum absolute atomic E-state index is 0.0357. The fourth-order valence-electron chi connectivity index (χ4n) is 3.69. The summed E-state index contributed by atoms with van der Waals surface area (Å²) in [6, 6.07) is 17.8. The highest BCUT2D eigenvalue weighted by Crippen LogP contribution is 2.38. The first kappa shape index (κ1) is 27.4. The van der Waals surface area contributed by atoms with Gasteiger partial charge in [-0.3, -0.25) is 19.0 Å². The molecule has 1 heterocycles. The van der Waals surface area contributed by atoms with Gasteiger partial charge in [0.25, 0.3) is 11.5 Å². The quantitative estimate of drug-likeness (QED) is 0.0839. The summed E-state index contributed by atoms with van der Waals surface area (Å²) in [7, 11) is 2.86. The Labute approximate surface area is 228 Å². The third-order valence-electron chi connectivity index (χ3n) is 5.50. The van der Waals surface area contributed by atoms with Gasteiger partial charge in [0, 0.05) is 12.5 Å². The van der Waals surface area contributed by atoms with Gasteiger partial charge in [-0.05, 0) is 43.3 Å². The topological polar surface area (TPSA) is 121 Å². The zero-order chi connectivity index (χ0) is 27.9. The van der Waals surface area contributed by atoms with Crippen LogP contribution in [-0.2, 0) is 9.59 Å². The van der Waals surface area contributed by atoms with Crippen LogP contribution in [0.1, 0.15) is 18.1 Å². The van der Waals surface area contributed by atoms with Gasteiger partial charge in [-0.15, -0.1) is 0 Å². The van der Waals surface area contributed by atoms with E-state index in [-0.39, 0.29) is 28.6 Å². The lowest BCUT2D eigenvalue weighted by Gasteiger charge is -2.13. The van der Waals surface area contributed by atoms with Gasteiger partial charge in [0.2, 0.25) is 5.75 Å². The Hall–Kier alpha value is -4.64. The van der Waals surface area contributed by atoms with E-state index in [1.54, 1.807) is 30.3 Å². The summed E-state index contributed by atoms with van der Waals surface area (Å²) in [4.78, 5) is 42.0. The molecule has 0 aliphatic rings. The number of para-hydroxylation sites is 1. The SMILES string of the molecule is COc1cc(/C=N\NC(=O)CSc2nc3ccccc3c(=O)n2-c2ccc(C)cc2)cc(OC)c1OC(C)=O. The van der Waals surface area contributed by atoms with Crippen LogP contribution in [-0.4, -0.2) is 47.6 Å². The Balaban J connectivity index is 1.52. The van der Waals surface area contributed by atoms with Crippen molar-refractivity contribution in [2.75, 3.05) is 20.0 Å². The zero-order valence-corrected chi connectivity index (χ0v) is 22.6. The van der Waals surface area contributed by atoms with E-state index in [0.717, 1.165) is 17.3 Å². The number of hydrogen-bond donors (Lipinski definition) is 1. The van der Waals surface area contributed by atoms with Crippen LogP contribution in [0.5, 0.6) is 17.2 Å². The Morgan fingerprint density at radius 2 is 1.72 bits per heavy atom. The standard InChI is InChI=1S/C28H26N4O6S/c1-17-9-11-20(12-10-17)32-27(35)21-7-5-6-8-22(21)30-28(32)39-16-25(34)31-29-15-19-13-23(36-3)26(38-18(2)33)24(14-19)37-4/h5-15H,16H2,1-4H3,(H,31,34)/b29-15-. The molecule has 0 bridgehead atoms. The van der Waals surface area contributed by atoms with Crippen LogP contribution in [0.4, 0.5) is 0 Å². The van der Waals surface area contributed by atoms with E-state index in [9.17, 15) is 14.4 Å². The maximum absolute atomic E-state index is 13.3. The smallest absolute Gasteiger partial charge is 0.308 e. The fourth-order valence-corrected chi connectivity index (χ4v) is 4.50. The van der Waals surface area contributed by atoms with E-state index in [0.29, 0.717) is 27.3 Å². The highest BCUT2D eigenvalue weighted by molar-refractivity contribution is 7.99. The summed E-state index contributed by atoms with van der Waals surface area (Å²) in [6.07, 6.45) is 1.40. The number of amides is 1. The van der Waals surface area contributed by atoms with Crippen molar-refractivity contribution in [3.05, 3.63) is 82.1 Å². The number of nitrogens with one attached hydrogen (secondary N) is 1. The number of benzene rings is 3. The summed E-state index contributed by atoms with van der Waals surface area (Å²) >= 11 is 1.13. The van der Waals surface area contributed by atoms with Crippen molar-refractivity contribution in [1.82, 2.24) is 15.0 Å². The van der Waals surface area contributed by atoms with Crippen LogP contribution < -0.4 is 25.2 Å². The van der Waals surface area contributed by atoms with Crippen LogP contribution in [0, 0.1) is 6.92 Å². The van der Waals surface area contributed by atoms with Gasteiger partial charge in [-0.2, -0.15) is 5.10 Å². The molecule has 0 aliphatic heterocycles. The van der Waals surface area contributed by atoms with Gasteiger partial charge in [-0.25, -0.2) is 10.4 Å². The first-order valence-corrected chi connectivity index (χ1v) is 12.8. The zero-order valence-electron chi connectivity index (χ0n) is 21.8. The molecule has 0 saturated carbocycles. The van der Waals surface area contributed by atoms with Crippen molar-refractivity contribution >= 4 is 40.8 Å². The number of carbonyl (C=O) groups excluding carboxylic acids is 2. The first-order valence-electron chi connectivity index (χ1n) is 11.8. The molecule has 1 N–H and O–H groups in total. The maximum atomic E-state index is 13.3. The predicted octanol–water partition coefficient (Wildman–Crippen LogP) is 3.88. The minimum atomic E-state index is -0.522. The van der Waals surface area contributed by atoms with Gasteiger partial charge >= 0.3 is 5.97 Å². The third kappa shape index (κ3) is 6.44. The number of fused-ring (bicyclic) bond motifs is 1. The Bertz CT molecular complexity index is 1590. The second-order valence-corrected chi connectivity index (χ2v) is 9.26. The molecule has 39 heavy (non-hydrogen) atoms. The van der Waals surface area contributed by atoms with Gasteiger partial charge in [0.15, 0.2) is 16.7 Å². The molecule has 11 heteroatoms. The molecule has 0 radical (unpaired) electrons. The van der Waals surface area contributed by atoms with Crippen LogP contribution in [0.3, 0.4) is 0 Å². The second kappa shape index (κ2) is 12.3. The molecule has 10 nitrogen and oxygen atoms in total. The summed E-state index contributed by atoms with van der Waals surface area (Å²) in [5, 5.41) is 4.88. The highest BCUT2D eigenvalue weighted by atomic mass is 32.2. The lowest BCUT2D eigenvalue weighted by molar-refractivity contribution is -0.132. The van der Waals surface area contributed by atoms with Crippen molar-refractivity contribution in [3.63, 3.8) is 0 Å². The van der Waals surface area contributed by atoms with Gasteiger partial charge in [0.1, 0.15) is 0 Å². The van der Waals surface area contributed by atoms with E-state index >= 15 is 0 Å². The number of ether oxygens (including phenoxy) is 3. The number of nitrogens with zero attached hydrogens (tertiary/aromatic N) is 3. The number of hydrazone groups is 1. The molecule has 0 fully saturated rings. The summed E-state index contributed by atoms with van der Waals surface area (Å²) in [5.74, 6) is -0.274. The molecule has 1 aromatic heterocycles. The molecular weight excluding hydrogens is 520 g/mol. The number of esters is 1. The fraction of sp³-hybridized carbons (Fsp3) is 0.179. The van der Waals surface area contributed by atoms with Crippen LogP contribution in [0.25, 0.3) is 16.6 Å². The van der Waals surface area contributed by atoms with Crippen molar-refractivity contribution in [3.8, 4) is 22.9 Å². The lowest BCUT2D eigenvalue weighted by atomic mass is 10.2. The van der Waals surface area contributed by atoms with E-state index in [2.05, 4.69) is 15.5 Å². The Morgan fingerprint density at radius 3 is 2.36 bits per heavy atom. The molecule has 4 rings (SSSR count). The molecule has 0 atom stereocenters. The Morgan fingerprint density at radius 1 is 1.05 bits per heavy atom. The first-order chi connectivity index (χ1) is 18.8. The number of methoxy groups -OCH3 is 2. The van der Waals surface area contributed by atoms with Crippen LogP contribution >= 0.6 is 11.8 Å². The van der Waals surface area contributed by atoms with Gasteiger partial charge < -0.3 is 14.2 Å². The number of aryl methyl sites for hydroxylation is 1. The van der Waals surface area contributed by atoms with Crippen LogP contribution in [0.15, 0.2) is 75.7 Å². The number of rotatable bonds is 9. The molecule has 200 valence electrons. The molecule has 3 aromatic carbocycles. The van der Waals surface area contributed by atoms with E-state index in [1.807, 2.05) is 37.3 Å². The summed E-state index contributed by atoms with van der Waals surface area (Å²) < 4.78 is 17.3. The molecule has 0 aliphatic carbocycles. The number of aromatic nitrogens is 2. The average Bonchev–Trinajstić information content (AvgIpc) is 2.93. The molecule has 0 saturated heterocycles. The number of thioether (sulfide) groups is 1. The number of hydrogen-bond acceptors (Lipinski definition) is 9. The highest BCUT2D eigenvalue weighted by Gasteiger charge is 2.17. The third-order valence-corrected chi connectivity index (χ3v) is 6.44. The largest absolute Gasteiger partial charge is 0.493 e. The van der Waals surface area contributed by atoms with Crippen molar-refractivity contribution in [2.45, 2.75) is 19.0 Å². The summed E-state index contributed by atoms with van der Waals surface area (Å²) in [5.41, 5.74) is 5.05. The van der Waals surface area contributed by atoms with Crippen LogP contribution in [0.2, 0.25) is 0 Å². The van der Waals surface area contributed by atoms with Gasteiger partial charge in [-0.1, -0.05) is 41.6 Å². The summed E-state index contributed by atoms with van der Waals surface area (Å²) in [6.45, 7) is 3.24. The monoisotopic (exact) mass is 546 g/mol. The lowest BCUT2D eigenvalue weighted by Crippen LogP contribution is -2.24. The molecule has 0 spiro atoms. The molecular formula is C28H26N4O6S. The van der Waals surface area contributed by atoms with Crippen molar-refractivity contribution < 1.29 is 23.8 Å². The van der Waals surface area contributed by atoms with Crippen molar-refractivity contribution in [1.29, 1.82) is 0 Å². The maximum Gasteiger partial charge on any atom is 0.308 e. The van der Waals surface area contributed by atoms with Crippen molar-refractivity contribution in [2.24, 2.45) is 5.10 Å². The number of carbonyl (C=O) groups is 2. The van der Waals surface area contributed by atoms with E-state index in [1.165, 1.54) is 31.9 Å². The molecule has 1 amide bonds. The second-order valence-electron chi connectivity index (χ2n) is 8.32. The Kier molecular flexibility index (Phi) is 8.62. The van der Waals surface area contributed by atoms with Gasteiger partial charge in [0.05, 0.1) is 42.8 Å². The predicted molar refractivity (Wildman–Crippen MR) is 149 cm³/mol. The van der Waals surface area contributed by atoms with E-state index < -0.39 is 11.9 Å². The van der Waals surface area contributed by atoms with E-state index in [4.69, 9.17) is 14.2 Å².